The van der Waals surface area contributed by atoms with E-state index in [9.17, 15) is 0 Å². The Morgan fingerprint density at radius 2 is 2.43 bits per heavy atom. The maximum atomic E-state index is 5.79. The number of hydrogen-bond donors (Lipinski definition) is 1. The Bertz CT molecular complexity index is 428. The fourth-order valence-corrected chi connectivity index (χ4v) is 1.99. The molecule has 2 heterocycles. The van der Waals surface area contributed by atoms with E-state index in [2.05, 4.69) is 17.0 Å². The minimum atomic E-state index is 0.333. The molecule has 0 aromatic carbocycles. The number of anilines is 1. The maximum absolute atomic E-state index is 5.79. The van der Waals surface area contributed by atoms with Gasteiger partial charge in [-0.15, -0.1) is 16.4 Å². The lowest BCUT2D eigenvalue weighted by Gasteiger charge is -1.91. The van der Waals surface area contributed by atoms with Crippen molar-refractivity contribution in [3.63, 3.8) is 0 Å². The molecule has 0 amide bonds. The van der Waals surface area contributed by atoms with Crippen molar-refractivity contribution in [3.05, 3.63) is 22.3 Å². The highest BCUT2D eigenvalue weighted by Gasteiger charge is 2.07. The molecule has 0 radical (unpaired) electrons. The van der Waals surface area contributed by atoms with E-state index < -0.39 is 0 Å². The lowest BCUT2D eigenvalue weighted by Crippen LogP contribution is -1.95. The molecular weight excluding hydrogens is 220 g/mol. The summed E-state index contributed by atoms with van der Waals surface area (Å²) in [5.41, 5.74) is 6.58. The summed E-state index contributed by atoms with van der Waals surface area (Å²) >= 11 is 7.31. The summed E-state index contributed by atoms with van der Waals surface area (Å²) in [6.07, 6.45) is 2.58. The zero-order valence-corrected chi connectivity index (χ0v) is 9.14. The highest BCUT2D eigenvalue weighted by molar-refractivity contribution is 7.12. The molecule has 14 heavy (non-hydrogen) atoms. The van der Waals surface area contributed by atoms with E-state index in [1.807, 2.05) is 5.38 Å². The zero-order valence-electron chi connectivity index (χ0n) is 7.57. The van der Waals surface area contributed by atoms with Crippen LogP contribution in [-0.2, 0) is 6.42 Å². The van der Waals surface area contributed by atoms with Gasteiger partial charge < -0.3 is 5.73 Å². The maximum Gasteiger partial charge on any atom is 0.210 e. The standard InChI is InChI=1S/C8H9ClN4S/c1-2-5-4-14-8(11-5)13-3-6(9)7(10)12-13/h3-4H,2H2,1H3,(H2,10,12). The quantitative estimate of drug-likeness (QED) is 0.857. The second-order valence-electron chi connectivity index (χ2n) is 2.78. The molecule has 2 aromatic rings. The summed E-state index contributed by atoms with van der Waals surface area (Å²) in [5.74, 6) is 0.333. The molecule has 4 nitrogen and oxygen atoms in total. The summed E-state index contributed by atoms with van der Waals surface area (Å²) in [7, 11) is 0. The first-order valence-corrected chi connectivity index (χ1v) is 5.42. The molecule has 0 saturated heterocycles. The van der Waals surface area contributed by atoms with Crippen LogP contribution >= 0.6 is 22.9 Å². The molecule has 74 valence electrons. The number of aryl methyl sites for hydroxylation is 1. The summed E-state index contributed by atoms with van der Waals surface area (Å²) in [4.78, 5) is 4.36. The number of nitrogens with two attached hydrogens (primary N) is 1. The zero-order chi connectivity index (χ0) is 10.1. The predicted octanol–water partition coefficient (Wildman–Crippen LogP) is 2.13. The first-order chi connectivity index (χ1) is 6.70. The molecule has 6 heteroatoms. The van der Waals surface area contributed by atoms with Gasteiger partial charge in [-0.3, -0.25) is 0 Å². The number of rotatable bonds is 2. The van der Waals surface area contributed by atoms with Crippen LogP contribution in [-0.4, -0.2) is 14.8 Å². The molecule has 2 rings (SSSR count). The Morgan fingerprint density at radius 3 is 2.93 bits per heavy atom. The topological polar surface area (TPSA) is 56.7 Å². The Morgan fingerprint density at radius 1 is 1.64 bits per heavy atom. The third kappa shape index (κ3) is 1.60. The van der Waals surface area contributed by atoms with Crippen LogP contribution in [0.3, 0.4) is 0 Å². The van der Waals surface area contributed by atoms with Gasteiger partial charge >= 0.3 is 0 Å². The second-order valence-corrected chi connectivity index (χ2v) is 4.03. The number of thiazole rings is 1. The number of hydrogen-bond acceptors (Lipinski definition) is 4. The summed E-state index contributed by atoms with van der Waals surface area (Å²) < 4.78 is 1.60. The number of nitrogen functional groups attached to an aromatic ring is 1. The average molecular weight is 229 g/mol. The van der Waals surface area contributed by atoms with Gasteiger partial charge in [-0.05, 0) is 6.42 Å². The smallest absolute Gasteiger partial charge is 0.210 e. The fourth-order valence-electron chi connectivity index (χ4n) is 1.03. The van der Waals surface area contributed by atoms with Crippen molar-refractivity contribution in [2.24, 2.45) is 0 Å². The third-order valence-electron chi connectivity index (χ3n) is 1.79. The molecule has 2 aromatic heterocycles. The van der Waals surface area contributed by atoms with Crippen molar-refractivity contribution < 1.29 is 0 Å². The molecule has 2 N–H and O–H groups in total. The van der Waals surface area contributed by atoms with Crippen LogP contribution in [0, 0.1) is 0 Å². The van der Waals surface area contributed by atoms with Crippen LogP contribution < -0.4 is 5.73 Å². The van der Waals surface area contributed by atoms with Gasteiger partial charge in [-0.1, -0.05) is 18.5 Å². The van der Waals surface area contributed by atoms with Gasteiger partial charge in [0.15, 0.2) is 5.82 Å². The highest BCUT2D eigenvalue weighted by atomic mass is 35.5. The minimum Gasteiger partial charge on any atom is -0.381 e. The van der Waals surface area contributed by atoms with Gasteiger partial charge in [0.1, 0.15) is 5.02 Å². The first kappa shape index (κ1) is 9.48. The van der Waals surface area contributed by atoms with E-state index in [0.29, 0.717) is 10.8 Å². The van der Waals surface area contributed by atoms with E-state index in [4.69, 9.17) is 17.3 Å². The van der Waals surface area contributed by atoms with E-state index in [-0.39, 0.29) is 0 Å². The van der Waals surface area contributed by atoms with Crippen LogP contribution in [0.5, 0.6) is 0 Å². The van der Waals surface area contributed by atoms with Crippen LogP contribution in [0.1, 0.15) is 12.6 Å². The van der Waals surface area contributed by atoms with Crippen molar-refractivity contribution in [3.8, 4) is 5.13 Å². The predicted molar refractivity (Wildman–Crippen MR) is 58.0 cm³/mol. The van der Waals surface area contributed by atoms with E-state index >= 15 is 0 Å². The lowest BCUT2D eigenvalue weighted by molar-refractivity contribution is 0.863. The Labute approximate surface area is 90.3 Å². The minimum absolute atomic E-state index is 0.333. The Kier molecular flexibility index (Phi) is 2.43. The molecule has 0 saturated carbocycles. The normalized spacial score (nSPS) is 10.7. The molecule has 0 atom stereocenters. The van der Waals surface area contributed by atoms with E-state index in [1.165, 1.54) is 11.3 Å². The van der Waals surface area contributed by atoms with Gasteiger partial charge in [0.05, 0.1) is 11.9 Å². The van der Waals surface area contributed by atoms with Gasteiger partial charge in [-0.25, -0.2) is 9.67 Å². The molecule has 0 spiro atoms. The van der Waals surface area contributed by atoms with E-state index in [0.717, 1.165) is 17.2 Å². The van der Waals surface area contributed by atoms with E-state index in [1.54, 1.807) is 10.9 Å². The molecule has 0 aliphatic rings. The largest absolute Gasteiger partial charge is 0.381 e. The Hall–Kier alpha value is -1.07. The molecule has 0 fully saturated rings. The SMILES string of the molecule is CCc1csc(-n2cc(Cl)c(N)n2)n1. The van der Waals surface area contributed by atoms with Crippen molar-refractivity contribution >= 4 is 28.8 Å². The number of aromatic nitrogens is 3. The highest BCUT2D eigenvalue weighted by Crippen LogP contribution is 2.21. The second kappa shape index (κ2) is 3.59. The molecule has 0 aliphatic heterocycles. The van der Waals surface area contributed by atoms with Crippen molar-refractivity contribution in [1.82, 2.24) is 14.8 Å². The monoisotopic (exact) mass is 228 g/mol. The summed E-state index contributed by atoms with van der Waals surface area (Å²) in [5, 5.41) is 7.29. The van der Waals surface area contributed by atoms with Gasteiger partial charge in [0.2, 0.25) is 5.13 Å². The number of nitrogens with zero attached hydrogens (tertiary/aromatic N) is 3. The fraction of sp³-hybridized carbons (Fsp3) is 0.250. The van der Waals surface area contributed by atoms with Crippen molar-refractivity contribution in [2.75, 3.05) is 5.73 Å². The van der Waals surface area contributed by atoms with Crippen molar-refractivity contribution in [1.29, 1.82) is 0 Å². The number of halogens is 1. The van der Waals surface area contributed by atoms with Crippen LogP contribution in [0.15, 0.2) is 11.6 Å². The molecule has 0 aliphatic carbocycles. The third-order valence-corrected chi connectivity index (χ3v) is 2.96. The van der Waals surface area contributed by atoms with Gasteiger partial charge in [-0.2, -0.15) is 0 Å². The van der Waals surface area contributed by atoms with Crippen LogP contribution in [0.25, 0.3) is 5.13 Å². The molecular formula is C8H9ClN4S. The average Bonchev–Trinajstić information content (AvgIpc) is 2.74. The first-order valence-electron chi connectivity index (χ1n) is 4.16. The van der Waals surface area contributed by atoms with Crippen LogP contribution in [0.4, 0.5) is 5.82 Å². The van der Waals surface area contributed by atoms with Gasteiger partial charge in [0.25, 0.3) is 0 Å². The van der Waals surface area contributed by atoms with Crippen LogP contribution in [0.2, 0.25) is 5.02 Å². The Balaban J connectivity index is 2.39. The molecule has 0 unspecified atom stereocenters. The van der Waals surface area contributed by atoms with Crippen molar-refractivity contribution in [2.45, 2.75) is 13.3 Å². The lowest BCUT2D eigenvalue weighted by atomic mass is 10.4. The van der Waals surface area contributed by atoms with Gasteiger partial charge in [0, 0.05) is 5.38 Å². The summed E-state index contributed by atoms with van der Waals surface area (Å²) in [6.45, 7) is 2.06. The summed E-state index contributed by atoms with van der Waals surface area (Å²) in [6, 6.07) is 0. The molecule has 0 bridgehead atoms.